The third kappa shape index (κ3) is 5.30. The highest BCUT2D eigenvalue weighted by Gasteiger charge is 2.18. The van der Waals surface area contributed by atoms with Crippen LogP contribution in [0.25, 0.3) is 0 Å². The summed E-state index contributed by atoms with van der Waals surface area (Å²) in [6.07, 6.45) is 3.13. The van der Waals surface area contributed by atoms with Crippen molar-refractivity contribution in [3.05, 3.63) is 83.6 Å². The number of ether oxygens (including phenoxy) is 1. The number of nitrogens with zero attached hydrogens (tertiary/aromatic N) is 2. The number of nitrogens with one attached hydrogen (secondary N) is 1. The molecule has 0 fully saturated rings. The van der Waals surface area contributed by atoms with Gasteiger partial charge in [-0.15, -0.1) is 0 Å². The van der Waals surface area contributed by atoms with Crippen molar-refractivity contribution in [3.63, 3.8) is 0 Å². The van der Waals surface area contributed by atoms with Crippen LogP contribution >= 0.6 is 0 Å². The van der Waals surface area contributed by atoms with Crippen LogP contribution in [0.15, 0.2) is 65.4 Å². The van der Waals surface area contributed by atoms with Crippen LogP contribution in [0.1, 0.15) is 32.2 Å². The van der Waals surface area contributed by atoms with Gasteiger partial charge in [-0.25, -0.2) is 0 Å². The fourth-order valence-electron chi connectivity index (χ4n) is 2.81. The first-order valence-corrected chi connectivity index (χ1v) is 9.22. The van der Waals surface area contributed by atoms with Gasteiger partial charge in [0.05, 0.1) is 25.1 Å². The molecule has 0 aliphatic rings. The van der Waals surface area contributed by atoms with Gasteiger partial charge in [-0.2, -0.15) is 0 Å². The lowest BCUT2D eigenvalue weighted by atomic mass is 10.1. The van der Waals surface area contributed by atoms with Crippen molar-refractivity contribution in [2.75, 3.05) is 25.6 Å². The van der Waals surface area contributed by atoms with E-state index in [2.05, 4.69) is 10.3 Å². The molecule has 0 spiro atoms. The molecular formula is C22H23N3O4. The summed E-state index contributed by atoms with van der Waals surface area (Å²) in [7, 11) is 1.59. The minimum atomic E-state index is -0.368. The molecule has 0 unspecified atom stereocenters. The Morgan fingerprint density at radius 3 is 2.72 bits per heavy atom. The fourth-order valence-corrected chi connectivity index (χ4v) is 2.81. The first-order chi connectivity index (χ1) is 14.1. The van der Waals surface area contributed by atoms with Crippen molar-refractivity contribution in [1.82, 2.24) is 9.88 Å². The van der Waals surface area contributed by atoms with Crippen molar-refractivity contribution in [3.8, 4) is 0 Å². The predicted octanol–water partition coefficient (Wildman–Crippen LogP) is 3.52. The highest BCUT2D eigenvalue weighted by Crippen LogP contribution is 2.20. The molecule has 150 valence electrons. The monoisotopic (exact) mass is 393 g/mol. The SMILES string of the molecule is COCCN(Cc1ccccn1)C(=O)c1ccc(C)c(NC(=O)c2ccco2)c1. The smallest absolute Gasteiger partial charge is 0.291 e. The molecule has 1 aromatic carbocycles. The Balaban J connectivity index is 1.80. The van der Waals surface area contributed by atoms with Gasteiger partial charge in [0.25, 0.3) is 11.8 Å². The van der Waals surface area contributed by atoms with E-state index in [0.29, 0.717) is 30.9 Å². The second kappa shape index (κ2) is 9.66. The Kier molecular flexibility index (Phi) is 6.76. The normalized spacial score (nSPS) is 10.6. The molecule has 0 saturated heterocycles. The van der Waals surface area contributed by atoms with Crippen LogP contribution in [-0.2, 0) is 11.3 Å². The number of methoxy groups -OCH3 is 1. The lowest BCUT2D eigenvalue weighted by Crippen LogP contribution is -2.33. The molecule has 3 rings (SSSR count). The number of carbonyl (C=O) groups is 2. The van der Waals surface area contributed by atoms with Gasteiger partial charge in [0, 0.05) is 31.1 Å². The Hall–Kier alpha value is -3.45. The second-order valence-electron chi connectivity index (χ2n) is 6.50. The molecule has 1 N–H and O–H groups in total. The third-order valence-corrected chi connectivity index (χ3v) is 4.41. The maximum Gasteiger partial charge on any atom is 0.291 e. The van der Waals surface area contributed by atoms with Crippen LogP contribution < -0.4 is 5.32 Å². The van der Waals surface area contributed by atoms with E-state index in [1.165, 1.54) is 6.26 Å². The maximum atomic E-state index is 13.1. The van der Waals surface area contributed by atoms with Crippen LogP contribution in [-0.4, -0.2) is 42.0 Å². The van der Waals surface area contributed by atoms with Crippen molar-refractivity contribution < 1.29 is 18.7 Å². The van der Waals surface area contributed by atoms with Gasteiger partial charge < -0.3 is 19.4 Å². The van der Waals surface area contributed by atoms with Crippen LogP contribution in [0.4, 0.5) is 5.69 Å². The average molecular weight is 393 g/mol. The van der Waals surface area contributed by atoms with Gasteiger partial charge in [-0.3, -0.25) is 14.6 Å². The lowest BCUT2D eigenvalue weighted by molar-refractivity contribution is 0.0677. The Morgan fingerprint density at radius 1 is 1.17 bits per heavy atom. The number of hydrogen-bond donors (Lipinski definition) is 1. The molecule has 0 atom stereocenters. The summed E-state index contributed by atoms with van der Waals surface area (Å²) in [5.74, 6) is -0.327. The highest BCUT2D eigenvalue weighted by atomic mass is 16.5. The van der Waals surface area contributed by atoms with E-state index in [0.717, 1.165) is 11.3 Å². The lowest BCUT2D eigenvalue weighted by Gasteiger charge is -2.22. The van der Waals surface area contributed by atoms with Crippen molar-refractivity contribution in [2.24, 2.45) is 0 Å². The first-order valence-electron chi connectivity index (χ1n) is 9.22. The highest BCUT2D eigenvalue weighted by molar-refractivity contribution is 6.03. The summed E-state index contributed by atoms with van der Waals surface area (Å²) in [4.78, 5) is 31.4. The summed E-state index contributed by atoms with van der Waals surface area (Å²) in [6, 6.07) is 14.0. The number of aryl methyl sites for hydroxylation is 1. The molecule has 29 heavy (non-hydrogen) atoms. The number of aromatic nitrogens is 1. The van der Waals surface area contributed by atoms with Gasteiger partial charge in [-0.1, -0.05) is 12.1 Å². The van der Waals surface area contributed by atoms with E-state index in [4.69, 9.17) is 9.15 Å². The number of rotatable bonds is 8. The predicted molar refractivity (Wildman–Crippen MR) is 109 cm³/mol. The molecule has 0 aliphatic carbocycles. The Bertz CT molecular complexity index is 955. The minimum absolute atomic E-state index is 0.166. The van der Waals surface area contributed by atoms with E-state index >= 15 is 0 Å². The number of pyridine rings is 1. The molecule has 0 aliphatic heterocycles. The zero-order chi connectivity index (χ0) is 20.6. The molecule has 0 bridgehead atoms. The number of furan rings is 1. The standard InChI is InChI=1S/C22H23N3O4/c1-16-8-9-17(14-19(16)24-21(26)20-7-5-12-29-20)22(27)25(11-13-28-2)15-18-6-3-4-10-23-18/h3-10,12,14H,11,13,15H2,1-2H3,(H,24,26). The van der Waals surface area contributed by atoms with Gasteiger partial charge in [0.1, 0.15) is 0 Å². The van der Waals surface area contributed by atoms with E-state index in [1.807, 2.05) is 25.1 Å². The van der Waals surface area contributed by atoms with E-state index in [-0.39, 0.29) is 17.6 Å². The van der Waals surface area contributed by atoms with Gasteiger partial charge in [-0.05, 0) is 48.9 Å². The fraction of sp³-hybridized carbons (Fsp3) is 0.227. The van der Waals surface area contributed by atoms with E-state index in [1.54, 1.807) is 48.5 Å². The largest absolute Gasteiger partial charge is 0.459 e. The summed E-state index contributed by atoms with van der Waals surface area (Å²) in [6.45, 7) is 3.06. The zero-order valence-corrected chi connectivity index (χ0v) is 16.4. The number of anilines is 1. The Morgan fingerprint density at radius 2 is 2.03 bits per heavy atom. The average Bonchev–Trinajstić information content (AvgIpc) is 3.28. The van der Waals surface area contributed by atoms with Gasteiger partial charge in [0.15, 0.2) is 5.76 Å². The molecule has 0 radical (unpaired) electrons. The summed E-state index contributed by atoms with van der Waals surface area (Å²) >= 11 is 0. The van der Waals surface area contributed by atoms with Gasteiger partial charge in [0.2, 0.25) is 0 Å². The molecule has 3 aromatic rings. The third-order valence-electron chi connectivity index (χ3n) is 4.41. The quantitative estimate of drug-likeness (QED) is 0.633. The first kappa shape index (κ1) is 20.3. The van der Waals surface area contributed by atoms with Gasteiger partial charge >= 0.3 is 0 Å². The van der Waals surface area contributed by atoms with E-state index < -0.39 is 0 Å². The number of hydrogen-bond acceptors (Lipinski definition) is 5. The number of benzene rings is 1. The summed E-state index contributed by atoms with van der Waals surface area (Å²) in [5, 5.41) is 2.80. The zero-order valence-electron chi connectivity index (χ0n) is 16.4. The molecule has 7 heteroatoms. The van der Waals surface area contributed by atoms with E-state index in [9.17, 15) is 9.59 Å². The molecule has 0 saturated carbocycles. The Labute approximate surface area is 169 Å². The van der Waals surface area contributed by atoms with Crippen molar-refractivity contribution >= 4 is 17.5 Å². The molecular weight excluding hydrogens is 370 g/mol. The van der Waals surface area contributed by atoms with Crippen LogP contribution in [0.5, 0.6) is 0 Å². The topological polar surface area (TPSA) is 84.7 Å². The van der Waals surface area contributed by atoms with Crippen molar-refractivity contribution in [1.29, 1.82) is 0 Å². The molecule has 7 nitrogen and oxygen atoms in total. The second-order valence-corrected chi connectivity index (χ2v) is 6.50. The number of amides is 2. The number of carbonyl (C=O) groups excluding carboxylic acids is 2. The van der Waals surface area contributed by atoms with Crippen molar-refractivity contribution in [2.45, 2.75) is 13.5 Å². The minimum Gasteiger partial charge on any atom is -0.459 e. The molecule has 2 aromatic heterocycles. The molecule has 2 heterocycles. The maximum absolute atomic E-state index is 13.1. The summed E-state index contributed by atoms with van der Waals surface area (Å²) in [5.41, 5.74) is 2.66. The van der Waals surface area contributed by atoms with Crippen LogP contribution in [0.3, 0.4) is 0 Å². The van der Waals surface area contributed by atoms with Crippen LogP contribution in [0.2, 0.25) is 0 Å². The van der Waals surface area contributed by atoms with Crippen LogP contribution in [0, 0.1) is 6.92 Å². The molecule has 2 amide bonds. The summed E-state index contributed by atoms with van der Waals surface area (Å²) < 4.78 is 10.3.